The normalized spacial score (nSPS) is 21.8. The molecular weight excluding hydrogens is 266 g/mol. The van der Waals surface area contributed by atoms with Gasteiger partial charge in [0.05, 0.1) is 23.1 Å². The van der Waals surface area contributed by atoms with Crippen LogP contribution in [0.15, 0.2) is 21.7 Å². The van der Waals surface area contributed by atoms with Crippen LogP contribution in [0, 0.1) is 5.92 Å². The monoisotopic (exact) mass is 283 g/mol. The second-order valence-electron chi connectivity index (χ2n) is 4.98. The van der Waals surface area contributed by atoms with Crippen LogP contribution in [-0.4, -0.2) is 34.6 Å². The van der Waals surface area contributed by atoms with Crippen LogP contribution in [0.2, 0.25) is 0 Å². The fourth-order valence-electron chi connectivity index (χ4n) is 2.22. The number of esters is 1. The number of hydrogen-bond acceptors (Lipinski definition) is 5. The summed E-state index contributed by atoms with van der Waals surface area (Å²) in [6, 6.07) is 0. The number of thioether (sulfide) groups is 1. The summed E-state index contributed by atoms with van der Waals surface area (Å²) in [7, 11) is 0. The van der Waals surface area contributed by atoms with Crippen molar-refractivity contribution in [2.24, 2.45) is 5.92 Å². The number of carbonyl (C=O) groups is 2. The molecule has 2 rings (SSSR count). The number of carboxylic acids is 1. The van der Waals surface area contributed by atoms with Gasteiger partial charge in [0.15, 0.2) is 0 Å². The number of carbonyl (C=O) groups excluding carboxylic acids is 1. The first-order chi connectivity index (χ1) is 8.90. The second-order valence-corrected chi connectivity index (χ2v) is 5.84. The summed E-state index contributed by atoms with van der Waals surface area (Å²) in [4.78, 5) is 24.8. The summed E-state index contributed by atoms with van der Waals surface area (Å²) in [6.45, 7) is 6.23. The highest BCUT2D eigenvalue weighted by Crippen LogP contribution is 2.45. The highest BCUT2D eigenvalue weighted by atomic mass is 32.2. The number of carboxylic acid groups (broad SMARTS) is 1. The molecule has 0 saturated carbocycles. The van der Waals surface area contributed by atoms with Crippen molar-refractivity contribution in [1.82, 2.24) is 4.90 Å². The van der Waals surface area contributed by atoms with Crippen molar-refractivity contribution < 1.29 is 19.4 Å². The lowest BCUT2D eigenvalue weighted by Gasteiger charge is -2.17. The van der Waals surface area contributed by atoms with Gasteiger partial charge in [0.2, 0.25) is 0 Å². The minimum Gasteiger partial charge on any atom is -0.481 e. The molecule has 1 atom stereocenters. The summed E-state index contributed by atoms with van der Waals surface area (Å²) in [5.74, 6) is -1.09. The molecule has 104 valence electrons. The summed E-state index contributed by atoms with van der Waals surface area (Å²) in [5.41, 5.74) is 1.40. The van der Waals surface area contributed by atoms with E-state index in [1.165, 1.54) is 11.8 Å². The van der Waals surface area contributed by atoms with Crippen LogP contribution < -0.4 is 0 Å². The van der Waals surface area contributed by atoms with E-state index in [0.29, 0.717) is 12.1 Å². The van der Waals surface area contributed by atoms with Crippen molar-refractivity contribution in [3.8, 4) is 0 Å². The third kappa shape index (κ3) is 2.78. The molecule has 0 amide bonds. The van der Waals surface area contributed by atoms with E-state index in [-0.39, 0.29) is 24.4 Å². The molecule has 0 fully saturated rings. The Kier molecular flexibility index (Phi) is 3.89. The molecule has 0 aliphatic carbocycles. The van der Waals surface area contributed by atoms with E-state index >= 15 is 0 Å². The van der Waals surface area contributed by atoms with Crippen molar-refractivity contribution in [1.29, 1.82) is 0 Å². The minimum atomic E-state index is -0.862. The van der Waals surface area contributed by atoms with Gasteiger partial charge >= 0.3 is 11.9 Å². The van der Waals surface area contributed by atoms with Gasteiger partial charge in [0.25, 0.3) is 0 Å². The first kappa shape index (κ1) is 14.0. The van der Waals surface area contributed by atoms with E-state index in [2.05, 4.69) is 0 Å². The fourth-order valence-corrected chi connectivity index (χ4v) is 3.41. The lowest BCUT2D eigenvalue weighted by Crippen LogP contribution is -2.19. The highest BCUT2D eigenvalue weighted by molar-refractivity contribution is 8.06. The van der Waals surface area contributed by atoms with E-state index in [1.54, 1.807) is 5.41 Å². The topological polar surface area (TPSA) is 66.8 Å². The summed E-state index contributed by atoms with van der Waals surface area (Å²) >= 11 is 1.41. The van der Waals surface area contributed by atoms with Gasteiger partial charge in [-0.25, -0.2) is 4.79 Å². The molecule has 1 N–H and O–H groups in total. The first-order valence-corrected chi connectivity index (χ1v) is 7.08. The van der Waals surface area contributed by atoms with Crippen molar-refractivity contribution in [2.45, 2.75) is 33.3 Å². The smallest absolute Gasteiger partial charge is 0.337 e. The van der Waals surface area contributed by atoms with Crippen molar-refractivity contribution in [3.05, 3.63) is 21.7 Å². The predicted octanol–water partition coefficient (Wildman–Crippen LogP) is 2.16. The van der Waals surface area contributed by atoms with Crippen LogP contribution in [0.4, 0.5) is 0 Å². The molecule has 0 aromatic heterocycles. The summed E-state index contributed by atoms with van der Waals surface area (Å²) in [5, 5.41) is 11.5. The molecule has 2 aliphatic heterocycles. The minimum absolute atomic E-state index is 0.0181. The quantitative estimate of drug-likeness (QED) is 0.798. The average molecular weight is 283 g/mol. The van der Waals surface area contributed by atoms with Crippen LogP contribution >= 0.6 is 11.8 Å². The zero-order valence-electron chi connectivity index (χ0n) is 11.2. The van der Waals surface area contributed by atoms with Crippen molar-refractivity contribution in [2.75, 3.05) is 6.54 Å². The van der Waals surface area contributed by atoms with Crippen LogP contribution in [0.25, 0.3) is 0 Å². The van der Waals surface area contributed by atoms with Crippen LogP contribution in [0.1, 0.15) is 27.2 Å². The lowest BCUT2D eigenvalue weighted by molar-refractivity contribution is -0.143. The Balaban J connectivity index is 2.19. The van der Waals surface area contributed by atoms with Gasteiger partial charge < -0.3 is 14.7 Å². The lowest BCUT2D eigenvalue weighted by atomic mass is 10.1. The molecule has 2 aliphatic rings. The van der Waals surface area contributed by atoms with E-state index in [4.69, 9.17) is 9.84 Å². The van der Waals surface area contributed by atoms with Gasteiger partial charge in [-0.1, -0.05) is 18.7 Å². The Labute approximate surface area is 116 Å². The number of aliphatic carboxylic acids is 1. The molecule has 2 heterocycles. The van der Waals surface area contributed by atoms with E-state index < -0.39 is 5.97 Å². The molecule has 0 bridgehead atoms. The van der Waals surface area contributed by atoms with Gasteiger partial charge in [-0.15, -0.1) is 0 Å². The number of rotatable bonds is 4. The maximum Gasteiger partial charge on any atom is 0.337 e. The van der Waals surface area contributed by atoms with Gasteiger partial charge in [0, 0.05) is 18.2 Å². The second kappa shape index (κ2) is 5.28. The maximum absolute atomic E-state index is 12.1. The molecule has 0 aromatic carbocycles. The molecular formula is C13H17NO4S. The Morgan fingerprint density at radius 3 is 2.84 bits per heavy atom. The van der Waals surface area contributed by atoms with Gasteiger partial charge in [-0.2, -0.15) is 0 Å². The van der Waals surface area contributed by atoms with Gasteiger partial charge in [-0.05, 0) is 19.3 Å². The Hall–Kier alpha value is -1.43. The zero-order chi connectivity index (χ0) is 14.2. The van der Waals surface area contributed by atoms with Gasteiger partial charge in [-0.3, -0.25) is 4.79 Å². The molecule has 0 aromatic rings. The van der Waals surface area contributed by atoms with E-state index in [0.717, 1.165) is 10.7 Å². The third-order valence-electron chi connectivity index (χ3n) is 2.97. The standard InChI is InChI=1S/C13H17NO4S/c1-7(2)18-13(17)11-8(3)5-14-9(4-10(15)16)6-19-12(11)14/h6-8H,4-5H2,1-3H3,(H,15,16). The molecule has 19 heavy (non-hydrogen) atoms. The number of hydrogen-bond donors (Lipinski definition) is 1. The zero-order valence-corrected chi connectivity index (χ0v) is 12.0. The summed E-state index contributed by atoms with van der Waals surface area (Å²) < 4.78 is 5.25. The first-order valence-electron chi connectivity index (χ1n) is 6.20. The Morgan fingerprint density at radius 2 is 2.26 bits per heavy atom. The van der Waals surface area contributed by atoms with Crippen molar-refractivity contribution >= 4 is 23.7 Å². The van der Waals surface area contributed by atoms with Crippen LogP contribution in [-0.2, 0) is 14.3 Å². The number of fused-ring (bicyclic) bond motifs is 1. The average Bonchev–Trinajstić information content (AvgIpc) is 2.76. The highest BCUT2D eigenvalue weighted by Gasteiger charge is 2.38. The fraction of sp³-hybridized carbons (Fsp3) is 0.538. The molecule has 0 radical (unpaired) electrons. The van der Waals surface area contributed by atoms with Gasteiger partial charge in [0.1, 0.15) is 0 Å². The molecule has 0 saturated heterocycles. The predicted molar refractivity (Wildman–Crippen MR) is 72.1 cm³/mol. The number of nitrogens with zero attached hydrogens (tertiary/aromatic N) is 1. The molecule has 0 spiro atoms. The van der Waals surface area contributed by atoms with E-state index in [9.17, 15) is 9.59 Å². The molecule has 6 heteroatoms. The molecule has 1 unspecified atom stereocenters. The van der Waals surface area contributed by atoms with Crippen molar-refractivity contribution in [3.63, 3.8) is 0 Å². The van der Waals surface area contributed by atoms with Crippen LogP contribution in [0.3, 0.4) is 0 Å². The van der Waals surface area contributed by atoms with E-state index in [1.807, 2.05) is 25.7 Å². The maximum atomic E-state index is 12.1. The van der Waals surface area contributed by atoms with Crippen LogP contribution in [0.5, 0.6) is 0 Å². The Bertz CT molecular complexity index is 481. The third-order valence-corrected chi connectivity index (χ3v) is 4.03. The Morgan fingerprint density at radius 1 is 1.58 bits per heavy atom. The summed E-state index contributed by atoms with van der Waals surface area (Å²) in [6.07, 6.45) is -0.171. The molecule has 5 nitrogen and oxygen atoms in total. The number of ether oxygens (including phenoxy) is 1. The SMILES string of the molecule is CC(C)OC(=O)C1=C2SC=C(CC(=O)O)N2CC1C. The largest absolute Gasteiger partial charge is 0.481 e.